The largest absolute Gasteiger partial charge is 0.393 e. The van der Waals surface area contributed by atoms with Gasteiger partial charge in [-0.2, -0.15) is 0 Å². The molecular weight excluding hydrogens is 128 g/mol. The Kier molecular flexibility index (Phi) is 3.33. The molecule has 2 unspecified atom stereocenters. The molecule has 2 N–H and O–H groups in total. The maximum Gasteiger partial charge on any atom is 0.0645 e. The van der Waals surface area contributed by atoms with Crippen LogP contribution in [0.15, 0.2) is 0 Å². The minimum absolute atomic E-state index is 0.170. The standard InChI is InChI=1S/C8H17O2/c1-6(9)5-7(10)8(2,3)4/h5-7,9-10H,1-4H3. The van der Waals surface area contributed by atoms with Gasteiger partial charge >= 0.3 is 0 Å². The Hall–Kier alpha value is -0.0800. The van der Waals surface area contributed by atoms with Crippen molar-refractivity contribution in [2.75, 3.05) is 0 Å². The Labute approximate surface area is 62.9 Å². The SMILES string of the molecule is CC(O)[CH]C(O)C(C)(C)C. The van der Waals surface area contributed by atoms with Crippen molar-refractivity contribution in [2.45, 2.75) is 39.9 Å². The zero-order valence-electron chi connectivity index (χ0n) is 7.13. The van der Waals surface area contributed by atoms with E-state index in [0.29, 0.717) is 0 Å². The minimum Gasteiger partial charge on any atom is -0.393 e. The molecule has 0 fully saturated rings. The van der Waals surface area contributed by atoms with Gasteiger partial charge in [-0.1, -0.05) is 20.8 Å². The second kappa shape index (κ2) is 3.35. The number of rotatable bonds is 2. The van der Waals surface area contributed by atoms with Crippen LogP contribution in [-0.2, 0) is 0 Å². The third-order valence-corrected chi connectivity index (χ3v) is 1.35. The van der Waals surface area contributed by atoms with Gasteiger partial charge in [0.15, 0.2) is 0 Å². The zero-order valence-corrected chi connectivity index (χ0v) is 7.13. The average Bonchev–Trinajstić information content (AvgIpc) is 1.60. The van der Waals surface area contributed by atoms with E-state index in [0.717, 1.165) is 0 Å². The molecule has 0 aliphatic carbocycles. The van der Waals surface area contributed by atoms with Crippen molar-refractivity contribution in [3.8, 4) is 0 Å². The van der Waals surface area contributed by atoms with Gasteiger partial charge in [0.2, 0.25) is 0 Å². The first-order chi connectivity index (χ1) is 4.34. The molecule has 2 atom stereocenters. The van der Waals surface area contributed by atoms with Crippen LogP contribution in [0.3, 0.4) is 0 Å². The lowest BCUT2D eigenvalue weighted by atomic mass is 9.86. The molecule has 2 heteroatoms. The summed E-state index contributed by atoms with van der Waals surface area (Å²) in [6.45, 7) is 7.42. The molecule has 0 saturated heterocycles. The van der Waals surface area contributed by atoms with Crippen LogP contribution in [0.25, 0.3) is 0 Å². The third kappa shape index (κ3) is 3.85. The van der Waals surface area contributed by atoms with E-state index in [2.05, 4.69) is 0 Å². The molecule has 2 nitrogen and oxygen atoms in total. The number of aliphatic hydroxyl groups excluding tert-OH is 2. The smallest absolute Gasteiger partial charge is 0.0645 e. The summed E-state index contributed by atoms with van der Waals surface area (Å²) >= 11 is 0. The molecule has 0 saturated carbocycles. The number of aliphatic hydroxyl groups is 2. The van der Waals surface area contributed by atoms with Gasteiger partial charge in [0, 0.05) is 6.42 Å². The fourth-order valence-electron chi connectivity index (χ4n) is 0.552. The number of hydrogen-bond donors (Lipinski definition) is 2. The van der Waals surface area contributed by atoms with Crippen molar-refractivity contribution in [1.82, 2.24) is 0 Å². The molecule has 0 aromatic rings. The summed E-state index contributed by atoms with van der Waals surface area (Å²) < 4.78 is 0. The minimum atomic E-state index is -0.535. The van der Waals surface area contributed by atoms with Gasteiger partial charge in [-0.05, 0) is 12.3 Å². The molecule has 0 aromatic carbocycles. The topological polar surface area (TPSA) is 40.5 Å². The van der Waals surface area contributed by atoms with Crippen LogP contribution >= 0.6 is 0 Å². The maximum absolute atomic E-state index is 9.34. The maximum atomic E-state index is 9.34. The monoisotopic (exact) mass is 145 g/mol. The predicted octanol–water partition coefficient (Wildman–Crippen LogP) is 0.978. The van der Waals surface area contributed by atoms with Gasteiger partial charge < -0.3 is 10.2 Å². The van der Waals surface area contributed by atoms with E-state index in [1.807, 2.05) is 20.8 Å². The van der Waals surface area contributed by atoms with Crippen molar-refractivity contribution in [3.63, 3.8) is 0 Å². The van der Waals surface area contributed by atoms with Crippen LogP contribution in [0.4, 0.5) is 0 Å². The summed E-state index contributed by atoms with van der Waals surface area (Å²) in [5, 5.41) is 18.2. The van der Waals surface area contributed by atoms with E-state index in [1.165, 1.54) is 6.42 Å². The van der Waals surface area contributed by atoms with Crippen LogP contribution in [0, 0.1) is 11.8 Å². The van der Waals surface area contributed by atoms with E-state index in [-0.39, 0.29) is 5.41 Å². The van der Waals surface area contributed by atoms with Crippen LogP contribution < -0.4 is 0 Å². The normalized spacial score (nSPS) is 18.6. The van der Waals surface area contributed by atoms with E-state index in [1.54, 1.807) is 6.92 Å². The summed E-state index contributed by atoms with van der Waals surface area (Å²) in [7, 11) is 0. The van der Waals surface area contributed by atoms with Gasteiger partial charge in [-0.3, -0.25) is 0 Å². The lowest BCUT2D eigenvalue weighted by Gasteiger charge is -2.26. The van der Waals surface area contributed by atoms with E-state index in [9.17, 15) is 5.11 Å². The highest BCUT2D eigenvalue weighted by Crippen LogP contribution is 2.21. The van der Waals surface area contributed by atoms with E-state index in [4.69, 9.17) is 5.11 Å². The first kappa shape index (κ1) is 9.92. The molecule has 0 bridgehead atoms. The van der Waals surface area contributed by atoms with E-state index < -0.39 is 12.2 Å². The molecule has 0 aliphatic rings. The van der Waals surface area contributed by atoms with Gasteiger partial charge in [-0.25, -0.2) is 0 Å². The summed E-state index contributed by atoms with van der Waals surface area (Å²) in [6, 6.07) is 0. The van der Waals surface area contributed by atoms with Crippen molar-refractivity contribution >= 4 is 0 Å². The van der Waals surface area contributed by atoms with E-state index >= 15 is 0 Å². The lowest BCUT2D eigenvalue weighted by molar-refractivity contribution is 0.0650. The van der Waals surface area contributed by atoms with Gasteiger partial charge in [0.05, 0.1) is 12.2 Å². The van der Waals surface area contributed by atoms with Crippen LogP contribution in [0.2, 0.25) is 0 Å². The number of hydrogen-bond acceptors (Lipinski definition) is 2. The Morgan fingerprint density at radius 3 is 1.70 bits per heavy atom. The Morgan fingerprint density at radius 2 is 1.60 bits per heavy atom. The molecule has 0 rings (SSSR count). The molecule has 10 heavy (non-hydrogen) atoms. The molecular formula is C8H17O2. The van der Waals surface area contributed by atoms with Gasteiger partial charge in [-0.15, -0.1) is 0 Å². The summed E-state index contributed by atoms with van der Waals surface area (Å²) in [6.07, 6.45) is 0.460. The Morgan fingerprint density at radius 1 is 1.20 bits per heavy atom. The van der Waals surface area contributed by atoms with Gasteiger partial charge in [0.1, 0.15) is 0 Å². The molecule has 0 amide bonds. The third-order valence-electron chi connectivity index (χ3n) is 1.35. The highest BCUT2D eigenvalue weighted by molar-refractivity contribution is 4.88. The first-order valence-corrected chi connectivity index (χ1v) is 3.55. The first-order valence-electron chi connectivity index (χ1n) is 3.55. The van der Waals surface area contributed by atoms with Crippen molar-refractivity contribution in [1.29, 1.82) is 0 Å². The quantitative estimate of drug-likeness (QED) is 0.608. The highest BCUT2D eigenvalue weighted by Gasteiger charge is 2.23. The van der Waals surface area contributed by atoms with Crippen LogP contribution in [0.1, 0.15) is 27.7 Å². The molecule has 1 radical (unpaired) electrons. The lowest BCUT2D eigenvalue weighted by Crippen LogP contribution is -2.29. The van der Waals surface area contributed by atoms with Crippen molar-refractivity contribution in [3.05, 3.63) is 6.42 Å². The van der Waals surface area contributed by atoms with Crippen LogP contribution in [0.5, 0.6) is 0 Å². The highest BCUT2D eigenvalue weighted by atomic mass is 16.3. The predicted molar refractivity (Wildman–Crippen MR) is 41.4 cm³/mol. The van der Waals surface area contributed by atoms with Crippen LogP contribution in [-0.4, -0.2) is 22.4 Å². The fourth-order valence-corrected chi connectivity index (χ4v) is 0.552. The Bertz CT molecular complexity index is 91.9. The second-order valence-electron chi connectivity index (χ2n) is 3.74. The summed E-state index contributed by atoms with van der Waals surface area (Å²) in [4.78, 5) is 0. The summed E-state index contributed by atoms with van der Waals surface area (Å²) in [5.41, 5.74) is -0.170. The molecule has 61 valence electrons. The Balaban J connectivity index is 3.73. The molecule has 0 aliphatic heterocycles. The van der Waals surface area contributed by atoms with Crippen molar-refractivity contribution < 1.29 is 10.2 Å². The zero-order chi connectivity index (χ0) is 8.36. The average molecular weight is 145 g/mol. The molecule has 0 aromatic heterocycles. The molecule has 0 spiro atoms. The fraction of sp³-hybridized carbons (Fsp3) is 0.875. The molecule has 0 heterocycles. The van der Waals surface area contributed by atoms with Crippen molar-refractivity contribution in [2.24, 2.45) is 5.41 Å². The van der Waals surface area contributed by atoms with Gasteiger partial charge in [0.25, 0.3) is 0 Å². The second-order valence-corrected chi connectivity index (χ2v) is 3.74. The summed E-state index contributed by atoms with van der Waals surface area (Å²) in [5.74, 6) is 0.